The van der Waals surface area contributed by atoms with Crippen molar-refractivity contribution in [2.24, 2.45) is 5.92 Å². The average Bonchev–Trinajstić information content (AvgIpc) is 3.43. The molecule has 1 saturated carbocycles. The van der Waals surface area contributed by atoms with Gasteiger partial charge in [0.2, 0.25) is 5.91 Å². The van der Waals surface area contributed by atoms with Crippen molar-refractivity contribution in [2.75, 3.05) is 18.5 Å². The van der Waals surface area contributed by atoms with Gasteiger partial charge in [0.05, 0.1) is 25.3 Å². The molecule has 6 nitrogen and oxygen atoms in total. The maximum atomic E-state index is 12.6. The minimum atomic E-state index is -0.307. The second kappa shape index (κ2) is 9.80. The number of carbonyl (C=O) groups is 2. The molecule has 1 unspecified atom stereocenters. The topological polar surface area (TPSA) is 71.5 Å². The van der Waals surface area contributed by atoms with Gasteiger partial charge in [-0.3, -0.25) is 14.5 Å². The van der Waals surface area contributed by atoms with Gasteiger partial charge in [0, 0.05) is 18.0 Å². The number of anilines is 1. The standard InChI is InChI=1S/C21H27N3O3S/c1-3-27-20(26)11-18-14-28-21(22-18)23-19(25)13-24(15(2)17-9-10-17)12-16-7-5-4-6-8-16/h4-8,14-15,17H,3,9-13H2,1-2H3,(H,22,23,25). The van der Waals surface area contributed by atoms with Gasteiger partial charge in [-0.05, 0) is 38.2 Å². The molecule has 7 heteroatoms. The van der Waals surface area contributed by atoms with E-state index >= 15 is 0 Å². The van der Waals surface area contributed by atoms with Crippen LogP contribution in [-0.4, -0.2) is 41.0 Å². The van der Waals surface area contributed by atoms with Gasteiger partial charge in [-0.1, -0.05) is 30.3 Å². The summed E-state index contributed by atoms with van der Waals surface area (Å²) >= 11 is 1.33. The fourth-order valence-electron chi connectivity index (χ4n) is 3.19. The summed E-state index contributed by atoms with van der Waals surface area (Å²) < 4.78 is 4.93. The van der Waals surface area contributed by atoms with Crippen LogP contribution in [0.4, 0.5) is 5.13 Å². The Morgan fingerprint density at radius 2 is 2.07 bits per heavy atom. The van der Waals surface area contributed by atoms with E-state index in [1.54, 1.807) is 12.3 Å². The molecule has 1 aromatic heterocycles. The van der Waals surface area contributed by atoms with Crippen LogP contribution < -0.4 is 5.32 Å². The number of amides is 1. The Morgan fingerprint density at radius 3 is 2.75 bits per heavy atom. The van der Waals surface area contributed by atoms with Gasteiger partial charge in [0.15, 0.2) is 5.13 Å². The SMILES string of the molecule is CCOC(=O)Cc1csc(NC(=O)CN(Cc2ccccc2)C(C)C2CC2)n1. The Balaban J connectivity index is 1.57. The van der Waals surface area contributed by atoms with Crippen molar-refractivity contribution in [3.05, 3.63) is 47.0 Å². The second-order valence-electron chi connectivity index (χ2n) is 7.14. The number of thiazole rings is 1. The van der Waals surface area contributed by atoms with E-state index in [2.05, 4.69) is 34.3 Å². The molecule has 1 atom stereocenters. The molecule has 28 heavy (non-hydrogen) atoms. The summed E-state index contributed by atoms with van der Waals surface area (Å²) in [6.07, 6.45) is 2.59. The number of benzene rings is 1. The molecule has 0 spiro atoms. The second-order valence-corrected chi connectivity index (χ2v) is 8.00. The first-order chi connectivity index (χ1) is 13.5. The van der Waals surface area contributed by atoms with E-state index in [1.807, 2.05) is 18.2 Å². The number of nitrogens with zero attached hydrogens (tertiary/aromatic N) is 2. The molecule has 1 aliphatic rings. The molecule has 1 N–H and O–H groups in total. The molecule has 1 heterocycles. The summed E-state index contributed by atoms with van der Waals surface area (Å²) in [5, 5.41) is 5.17. The van der Waals surface area contributed by atoms with Crippen LogP contribution in [0, 0.1) is 5.92 Å². The lowest BCUT2D eigenvalue weighted by Crippen LogP contribution is -2.40. The van der Waals surface area contributed by atoms with Crippen LogP contribution in [0.5, 0.6) is 0 Å². The van der Waals surface area contributed by atoms with Crippen molar-refractivity contribution >= 4 is 28.3 Å². The molecule has 0 bridgehead atoms. The number of ether oxygens (including phenoxy) is 1. The number of nitrogens with one attached hydrogen (secondary N) is 1. The van der Waals surface area contributed by atoms with Gasteiger partial charge in [-0.15, -0.1) is 11.3 Å². The zero-order valence-corrected chi connectivity index (χ0v) is 17.2. The van der Waals surface area contributed by atoms with E-state index in [0.29, 0.717) is 35.9 Å². The van der Waals surface area contributed by atoms with Crippen molar-refractivity contribution in [1.82, 2.24) is 9.88 Å². The third kappa shape index (κ3) is 6.14. The van der Waals surface area contributed by atoms with E-state index < -0.39 is 0 Å². The highest BCUT2D eigenvalue weighted by Gasteiger charge is 2.32. The molecule has 1 aromatic carbocycles. The molecule has 150 valence electrons. The Morgan fingerprint density at radius 1 is 1.32 bits per heavy atom. The lowest BCUT2D eigenvalue weighted by atomic mass is 10.1. The molecule has 3 rings (SSSR count). The fraction of sp³-hybridized carbons (Fsp3) is 0.476. The van der Waals surface area contributed by atoms with Crippen LogP contribution in [0.15, 0.2) is 35.7 Å². The first-order valence-electron chi connectivity index (χ1n) is 9.73. The third-order valence-corrected chi connectivity index (χ3v) is 5.69. The summed E-state index contributed by atoms with van der Waals surface area (Å²) in [5.41, 5.74) is 1.82. The highest BCUT2D eigenvalue weighted by Crippen LogP contribution is 2.35. The number of hydrogen-bond donors (Lipinski definition) is 1. The zero-order valence-electron chi connectivity index (χ0n) is 16.4. The highest BCUT2D eigenvalue weighted by molar-refractivity contribution is 7.13. The van der Waals surface area contributed by atoms with Crippen molar-refractivity contribution < 1.29 is 14.3 Å². The fourth-order valence-corrected chi connectivity index (χ4v) is 3.91. The number of rotatable bonds is 10. The summed E-state index contributed by atoms with van der Waals surface area (Å²) in [4.78, 5) is 30.7. The maximum absolute atomic E-state index is 12.6. The first kappa shape index (κ1) is 20.5. The number of esters is 1. The summed E-state index contributed by atoms with van der Waals surface area (Å²) in [5.74, 6) is 0.283. The van der Waals surface area contributed by atoms with E-state index in [9.17, 15) is 9.59 Å². The minimum Gasteiger partial charge on any atom is -0.466 e. The molecule has 1 fully saturated rings. The largest absolute Gasteiger partial charge is 0.466 e. The summed E-state index contributed by atoms with van der Waals surface area (Å²) in [6.45, 7) is 5.39. The third-order valence-electron chi connectivity index (χ3n) is 4.88. The molecule has 0 aliphatic heterocycles. The van der Waals surface area contributed by atoms with Gasteiger partial charge >= 0.3 is 5.97 Å². The lowest BCUT2D eigenvalue weighted by molar-refractivity contribution is -0.142. The molecule has 2 aromatic rings. The van der Waals surface area contributed by atoms with Gasteiger partial charge in [-0.2, -0.15) is 0 Å². The van der Waals surface area contributed by atoms with E-state index in [4.69, 9.17) is 4.74 Å². The average molecular weight is 402 g/mol. The number of aromatic nitrogens is 1. The van der Waals surface area contributed by atoms with E-state index in [0.717, 1.165) is 6.54 Å². The predicted octanol–water partition coefficient (Wildman–Crippen LogP) is 3.49. The molecular formula is C21H27N3O3S. The normalized spacial score (nSPS) is 14.7. The van der Waals surface area contributed by atoms with Gasteiger partial charge < -0.3 is 10.1 Å². The number of hydrogen-bond acceptors (Lipinski definition) is 6. The molecular weight excluding hydrogens is 374 g/mol. The Hall–Kier alpha value is -2.25. The molecule has 1 amide bonds. The van der Waals surface area contributed by atoms with Crippen LogP contribution in [-0.2, 0) is 27.3 Å². The van der Waals surface area contributed by atoms with Crippen LogP contribution in [0.25, 0.3) is 0 Å². The Bertz CT molecular complexity index is 789. The summed E-state index contributed by atoms with van der Waals surface area (Å²) in [6, 6.07) is 10.6. The van der Waals surface area contributed by atoms with Crippen molar-refractivity contribution in [1.29, 1.82) is 0 Å². The summed E-state index contributed by atoms with van der Waals surface area (Å²) in [7, 11) is 0. The van der Waals surface area contributed by atoms with Crippen molar-refractivity contribution in [3.8, 4) is 0 Å². The van der Waals surface area contributed by atoms with Gasteiger partial charge in [0.1, 0.15) is 0 Å². The Kier molecular flexibility index (Phi) is 7.17. The predicted molar refractivity (Wildman–Crippen MR) is 110 cm³/mol. The van der Waals surface area contributed by atoms with Crippen molar-refractivity contribution in [3.63, 3.8) is 0 Å². The minimum absolute atomic E-state index is 0.0829. The van der Waals surface area contributed by atoms with Gasteiger partial charge in [0.25, 0.3) is 0 Å². The van der Waals surface area contributed by atoms with Crippen LogP contribution in [0.2, 0.25) is 0 Å². The van der Waals surface area contributed by atoms with Crippen molar-refractivity contribution in [2.45, 2.75) is 45.7 Å². The van der Waals surface area contributed by atoms with Gasteiger partial charge in [-0.25, -0.2) is 4.98 Å². The quantitative estimate of drug-likeness (QED) is 0.617. The Labute approximate surface area is 169 Å². The zero-order chi connectivity index (χ0) is 19.9. The lowest BCUT2D eigenvalue weighted by Gasteiger charge is -2.28. The van der Waals surface area contributed by atoms with Crippen LogP contribution >= 0.6 is 11.3 Å². The first-order valence-corrected chi connectivity index (χ1v) is 10.6. The highest BCUT2D eigenvalue weighted by atomic mass is 32.1. The smallest absolute Gasteiger partial charge is 0.311 e. The maximum Gasteiger partial charge on any atom is 0.311 e. The van der Waals surface area contributed by atoms with E-state index in [-0.39, 0.29) is 18.3 Å². The van der Waals surface area contributed by atoms with Crippen LogP contribution in [0.3, 0.4) is 0 Å². The number of carbonyl (C=O) groups excluding carboxylic acids is 2. The monoisotopic (exact) mass is 401 g/mol. The molecule has 0 saturated heterocycles. The van der Waals surface area contributed by atoms with E-state index in [1.165, 1.54) is 29.7 Å². The van der Waals surface area contributed by atoms with Crippen LogP contribution in [0.1, 0.15) is 37.9 Å². The molecule has 1 aliphatic carbocycles. The molecule has 0 radical (unpaired) electrons.